The van der Waals surface area contributed by atoms with Gasteiger partial charge in [-0.2, -0.15) is 0 Å². The van der Waals surface area contributed by atoms with E-state index in [-0.39, 0.29) is 11.3 Å². The summed E-state index contributed by atoms with van der Waals surface area (Å²) in [5, 5.41) is 11.3. The van der Waals surface area contributed by atoms with Crippen molar-refractivity contribution < 1.29 is 28.9 Å². The molecule has 3 rings (SSSR count). The van der Waals surface area contributed by atoms with Gasteiger partial charge < -0.3 is 29.1 Å². The van der Waals surface area contributed by atoms with Gasteiger partial charge in [0.1, 0.15) is 23.0 Å². The minimum absolute atomic E-state index is 0.0188. The lowest BCUT2D eigenvalue weighted by molar-refractivity contribution is -0.140. The summed E-state index contributed by atoms with van der Waals surface area (Å²) >= 11 is 0. The predicted molar refractivity (Wildman–Crippen MR) is 134 cm³/mol. The number of hydrogen-bond acceptors (Lipinski definition) is 7. The number of amides is 1. The van der Waals surface area contributed by atoms with Crippen LogP contribution in [0.5, 0.6) is 17.2 Å². The smallest absolute Gasteiger partial charge is 0.295 e. The lowest BCUT2D eigenvalue weighted by Gasteiger charge is -2.29. The van der Waals surface area contributed by atoms with E-state index in [0.717, 1.165) is 13.1 Å². The fourth-order valence-corrected chi connectivity index (χ4v) is 4.31. The predicted octanol–water partition coefficient (Wildman–Crippen LogP) is 3.87. The molecule has 0 aromatic heterocycles. The molecule has 1 aliphatic rings. The molecule has 35 heavy (non-hydrogen) atoms. The third kappa shape index (κ3) is 5.43. The highest BCUT2D eigenvalue weighted by Crippen LogP contribution is 2.43. The standard InChI is InChI=1S/C27H34N2O6/c1-6-28(7-2)15-16-29-24(21-17-20(33-4)13-14-22(21)34-5)23(26(31)27(29)32)25(30)18-9-11-19(12-10-18)35-8-3/h9-14,17,24,30H,6-8,15-16H2,1-5H3/b25-23+. The van der Waals surface area contributed by atoms with Crippen molar-refractivity contribution in [2.45, 2.75) is 26.8 Å². The zero-order chi connectivity index (χ0) is 25.5. The topological polar surface area (TPSA) is 88.5 Å². The Morgan fingerprint density at radius 3 is 2.20 bits per heavy atom. The normalized spacial score (nSPS) is 17.2. The van der Waals surface area contributed by atoms with E-state index in [2.05, 4.69) is 4.90 Å². The summed E-state index contributed by atoms with van der Waals surface area (Å²) in [6.07, 6.45) is 0. The van der Waals surface area contributed by atoms with Crippen molar-refractivity contribution in [3.63, 3.8) is 0 Å². The molecular formula is C27H34N2O6. The van der Waals surface area contributed by atoms with Crippen LogP contribution in [0, 0.1) is 0 Å². The molecule has 0 spiro atoms. The van der Waals surface area contributed by atoms with E-state index < -0.39 is 17.7 Å². The SMILES string of the molecule is CCOc1ccc(/C(O)=C2\C(=O)C(=O)N(CCN(CC)CC)C2c2cc(OC)ccc2OC)cc1. The van der Waals surface area contributed by atoms with Gasteiger partial charge in [-0.1, -0.05) is 13.8 Å². The van der Waals surface area contributed by atoms with Gasteiger partial charge >= 0.3 is 0 Å². The average molecular weight is 483 g/mol. The molecule has 1 atom stereocenters. The maximum Gasteiger partial charge on any atom is 0.295 e. The Kier molecular flexibility index (Phi) is 8.76. The first-order valence-corrected chi connectivity index (χ1v) is 11.9. The fraction of sp³-hybridized carbons (Fsp3) is 0.407. The number of methoxy groups -OCH3 is 2. The summed E-state index contributed by atoms with van der Waals surface area (Å²) in [7, 11) is 3.07. The van der Waals surface area contributed by atoms with Gasteiger partial charge in [0.2, 0.25) is 0 Å². The summed E-state index contributed by atoms with van der Waals surface area (Å²) < 4.78 is 16.5. The van der Waals surface area contributed by atoms with Crippen LogP contribution in [0.2, 0.25) is 0 Å². The Hall–Kier alpha value is -3.52. The van der Waals surface area contributed by atoms with Crippen molar-refractivity contribution in [2.24, 2.45) is 0 Å². The van der Waals surface area contributed by atoms with Crippen LogP contribution in [0.15, 0.2) is 48.0 Å². The van der Waals surface area contributed by atoms with Gasteiger partial charge in [-0.3, -0.25) is 9.59 Å². The molecule has 8 nitrogen and oxygen atoms in total. The first kappa shape index (κ1) is 26.1. The molecule has 1 amide bonds. The Balaban J connectivity index is 2.16. The lowest BCUT2D eigenvalue weighted by atomic mass is 9.94. The van der Waals surface area contributed by atoms with Crippen molar-refractivity contribution in [1.82, 2.24) is 9.80 Å². The lowest BCUT2D eigenvalue weighted by Crippen LogP contribution is -2.38. The first-order chi connectivity index (χ1) is 16.9. The van der Waals surface area contributed by atoms with Crippen LogP contribution < -0.4 is 14.2 Å². The van der Waals surface area contributed by atoms with Gasteiger partial charge in [-0.15, -0.1) is 0 Å². The molecular weight excluding hydrogens is 448 g/mol. The maximum atomic E-state index is 13.3. The van der Waals surface area contributed by atoms with Gasteiger partial charge in [0.25, 0.3) is 11.7 Å². The molecule has 1 saturated heterocycles. The number of rotatable bonds is 11. The number of Topliss-reactive ketones (excluding diaryl/α,β-unsaturated/α-hetero) is 1. The van der Waals surface area contributed by atoms with E-state index in [1.165, 1.54) is 12.0 Å². The number of hydrogen-bond donors (Lipinski definition) is 1. The summed E-state index contributed by atoms with van der Waals surface area (Å²) in [5.74, 6) is 0.0611. The van der Waals surface area contributed by atoms with E-state index in [0.29, 0.717) is 48.1 Å². The quantitative estimate of drug-likeness (QED) is 0.296. The van der Waals surface area contributed by atoms with Crippen LogP contribution in [-0.4, -0.2) is 73.6 Å². The maximum absolute atomic E-state index is 13.3. The molecule has 0 radical (unpaired) electrons. The minimum Gasteiger partial charge on any atom is -0.507 e. The molecule has 188 valence electrons. The number of likely N-dealkylation sites (N-methyl/N-ethyl adjacent to an activating group) is 1. The van der Waals surface area contributed by atoms with E-state index >= 15 is 0 Å². The Labute approximate surface area is 206 Å². The van der Waals surface area contributed by atoms with E-state index in [1.807, 2.05) is 20.8 Å². The highest BCUT2D eigenvalue weighted by molar-refractivity contribution is 6.46. The monoisotopic (exact) mass is 482 g/mol. The number of benzene rings is 2. The van der Waals surface area contributed by atoms with Crippen LogP contribution in [0.4, 0.5) is 0 Å². The molecule has 1 aliphatic heterocycles. The molecule has 1 fully saturated rings. The first-order valence-electron chi connectivity index (χ1n) is 11.9. The van der Waals surface area contributed by atoms with Gasteiger partial charge in [-0.05, 0) is 62.5 Å². The molecule has 2 aromatic rings. The number of ketones is 1. The zero-order valence-corrected chi connectivity index (χ0v) is 21.0. The second-order valence-corrected chi connectivity index (χ2v) is 8.08. The molecule has 2 aromatic carbocycles. The highest BCUT2D eigenvalue weighted by Gasteiger charge is 2.47. The molecule has 1 unspecified atom stereocenters. The molecule has 0 aliphatic carbocycles. The summed E-state index contributed by atoms with van der Waals surface area (Å²) in [6.45, 7) is 9.04. The van der Waals surface area contributed by atoms with Gasteiger partial charge in [0.05, 0.1) is 32.4 Å². The third-order valence-corrected chi connectivity index (χ3v) is 6.26. The molecule has 0 bridgehead atoms. The minimum atomic E-state index is -0.831. The van der Waals surface area contributed by atoms with Crippen molar-refractivity contribution in [3.8, 4) is 17.2 Å². The van der Waals surface area contributed by atoms with E-state index in [4.69, 9.17) is 14.2 Å². The Morgan fingerprint density at radius 1 is 0.971 bits per heavy atom. The van der Waals surface area contributed by atoms with Crippen molar-refractivity contribution in [1.29, 1.82) is 0 Å². The van der Waals surface area contributed by atoms with Crippen LogP contribution in [0.25, 0.3) is 5.76 Å². The zero-order valence-electron chi connectivity index (χ0n) is 21.0. The highest BCUT2D eigenvalue weighted by atomic mass is 16.5. The Morgan fingerprint density at radius 2 is 1.63 bits per heavy atom. The second-order valence-electron chi connectivity index (χ2n) is 8.08. The third-order valence-electron chi connectivity index (χ3n) is 6.26. The summed E-state index contributed by atoms with van der Waals surface area (Å²) in [4.78, 5) is 30.2. The number of carbonyl (C=O) groups excluding carboxylic acids is 2. The summed E-state index contributed by atoms with van der Waals surface area (Å²) in [6, 6.07) is 11.2. The van der Waals surface area contributed by atoms with Crippen LogP contribution in [0.1, 0.15) is 37.9 Å². The average Bonchev–Trinajstić information content (AvgIpc) is 3.14. The second kappa shape index (κ2) is 11.8. The molecule has 1 N–H and O–H groups in total. The molecule has 1 heterocycles. The van der Waals surface area contributed by atoms with Crippen LogP contribution in [0.3, 0.4) is 0 Å². The van der Waals surface area contributed by atoms with Crippen LogP contribution >= 0.6 is 0 Å². The van der Waals surface area contributed by atoms with Gasteiger partial charge in [-0.25, -0.2) is 0 Å². The Bertz CT molecular complexity index is 1080. The number of ether oxygens (including phenoxy) is 3. The fourth-order valence-electron chi connectivity index (χ4n) is 4.31. The summed E-state index contributed by atoms with van der Waals surface area (Å²) in [5.41, 5.74) is 1.01. The number of carbonyl (C=O) groups is 2. The molecule has 0 saturated carbocycles. The molecule has 8 heteroatoms. The number of nitrogens with zero attached hydrogens (tertiary/aromatic N) is 2. The van der Waals surface area contributed by atoms with E-state index in [9.17, 15) is 14.7 Å². The van der Waals surface area contributed by atoms with Crippen molar-refractivity contribution in [2.75, 3.05) is 47.0 Å². The van der Waals surface area contributed by atoms with Gasteiger partial charge in [0.15, 0.2) is 0 Å². The van der Waals surface area contributed by atoms with E-state index in [1.54, 1.807) is 49.6 Å². The van der Waals surface area contributed by atoms with Crippen molar-refractivity contribution >= 4 is 17.4 Å². The van der Waals surface area contributed by atoms with Gasteiger partial charge in [0, 0.05) is 24.2 Å². The number of aliphatic hydroxyl groups is 1. The number of aliphatic hydroxyl groups excluding tert-OH is 1. The van der Waals surface area contributed by atoms with Crippen LogP contribution in [-0.2, 0) is 9.59 Å². The number of likely N-dealkylation sites (tertiary alicyclic amines) is 1. The van der Waals surface area contributed by atoms with Crippen molar-refractivity contribution in [3.05, 3.63) is 59.2 Å². The largest absolute Gasteiger partial charge is 0.507 e.